The standard InChI is InChI=1S/C14H23NO4S/c16-13(10-20(19)12-4-2-1-3-5-12)15-8-6-11(7-9-15)14(17)18/h11-12H,1-10H2,(H,17,18). The number of aliphatic carboxylic acids is 1. The van der Waals surface area contributed by atoms with E-state index in [4.69, 9.17) is 5.11 Å². The van der Waals surface area contributed by atoms with Crippen LogP contribution >= 0.6 is 0 Å². The summed E-state index contributed by atoms with van der Waals surface area (Å²) in [4.78, 5) is 24.7. The minimum Gasteiger partial charge on any atom is -0.481 e. The zero-order chi connectivity index (χ0) is 14.5. The number of hydrogen-bond donors (Lipinski definition) is 1. The van der Waals surface area contributed by atoms with E-state index in [1.54, 1.807) is 4.90 Å². The Kier molecular flexibility index (Phi) is 5.57. The van der Waals surface area contributed by atoms with Gasteiger partial charge in [-0.25, -0.2) is 0 Å². The Balaban J connectivity index is 1.77. The van der Waals surface area contributed by atoms with Gasteiger partial charge >= 0.3 is 5.97 Å². The predicted molar refractivity (Wildman–Crippen MR) is 76.8 cm³/mol. The molecule has 6 heteroatoms. The third-order valence-electron chi connectivity index (χ3n) is 4.39. The lowest BCUT2D eigenvalue weighted by Gasteiger charge is -2.30. The molecule has 0 aromatic rings. The van der Waals surface area contributed by atoms with Gasteiger partial charge in [-0.05, 0) is 25.7 Å². The van der Waals surface area contributed by atoms with E-state index in [9.17, 15) is 13.8 Å². The first-order valence-electron chi connectivity index (χ1n) is 7.45. The molecule has 114 valence electrons. The molecule has 1 aliphatic heterocycles. The Hall–Kier alpha value is -0.910. The summed E-state index contributed by atoms with van der Waals surface area (Å²) in [5.74, 6) is -1.06. The summed E-state index contributed by atoms with van der Waals surface area (Å²) < 4.78 is 12.2. The van der Waals surface area contributed by atoms with Crippen LogP contribution in [0.2, 0.25) is 0 Å². The van der Waals surface area contributed by atoms with Crippen LogP contribution in [0, 0.1) is 5.92 Å². The maximum Gasteiger partial charge on any atom is 0.306 e. The Labute approximate surface area is 122 Å². The number of carbonyl (C=O) groups is 2. The van der Waals surface area contributed by atoms with Gasteiger partial charge in [-0.15, -0.1) is 0 Å². The summed E-state index contributed by atoms with van der Waals surface area (Å²) in [5, 5.41) is 9.11. The summed E-state index contributed by atoms with van der Waals surface area (Å²) in [6.45, 7) is 0.968. The van der Waals surface area contributed by atoms with Gasteiger partial charge < -0.3 is 10.0 Å². The minimum absolute atomic E-state index is 0.0715. The van der Waals surface area contributed by atoms with Crippen LogP contribution in [0.1, 0.15) is 44.9 Å². The van der Waals surface area contributed by atoms with Crippen LogP contribution < -0.4 is 0 Å². The van der Waals surface area contributed by atoms with Crippen molar-refractivity contribution in [3.8, 4) is 0 Å². The highest BCUT2D eigenvalue weighted by Crippen LogP contribution is 2.23. The molecule has 1 saturated heterocycles. The molecule has 1 heterocycles. The van der Waals surface area contributed by atoms with Crippen molar-refractivity contribution in [1.82, 2.24) is 4.90 Å². The third kappa shape index (κ3) is 4.04. The van der Waals surface area contributed by atoms with Gasteiger partial charge in [-0.1, -0.05) is 19.3 Å². The maximum atomic E-state index is 12.2. The van der Waals surface area contributed by atoms with Gasteiger partial charge in [0.25, 0.3) is 0 Å². The fraction of sp³-hybridized carbons (Fsp3) is 0.857. The second-order valence-electron chi connectivity index (χ2n) is 5.78. The molecule has 0 radical (unpaired) electrons. The van der Waals surface area contributed by atoms with Crippen LogP contribution in [0.5, 0.6) is 0 Å². The van der Waals surface area contributed by atoms with E-state index < -0.39 is 16.8 Å². The number of carboxylic acids is 1. The molecule has 1 N–H and O–H groups in total. The summed E-state index contributed by atoms with van der Waals surface area (Å²) in [6.07, 6.45) is 6.42. The van der Waals surface area contributed by atoms with E-state index in [1.807, 2.05) is 0 Å². The van der Waals surface area contributed by atoms with Crippen molar-refractivity contribution in [2.24, 2.45) is 5.92 Å². The highest BCUT2D eigenvalue weighted by atomic mass is 32.2. The monoisotopic (exact) mass is 301 g/mol. The van der Waals surface area contributed by atoms with Crippen molar-refractivity contribution in [3.05, 3.63) is 0 Å². The zero-order valence-electron chi connectivity index (χ0n) is 11.8. The molecule has 1 unspecified atom stereocenters. The number of nitrogens with zero attached hydrogens (tertiary/aromatic N) is 1. The average Bonchev–Trinajstić information content (AvgIpc) is 2.48. The highest BCUT2D eigenvalue weighted by molar-refractivity contribution is 7.86. The number of hydrogen-bond acceptors (Lipinski definition) is 3. The third-order valence-corrected chi connectivity index (χ3v) is 6.13. The molecule has 5 nitrogen and oxygen atoms in total. The summed E-state index contributed by atoms with van der Waals surface area (Å²) >= 11 is 0. The fourth-order valence-corrected chi connectivity index (χ4v) is 4.56. The van der Waals surface area contributed by atoms with E-state index in [0.29, 0.717) is 25.9 Å². The molecule has 2 rings (SSSR count). The molecule has 1 amide bonds. The van der Waals surface area contributed by atoms with Crippen LogP contribution in [-0.4, -0.2) is 50.2 Å². The van der Waals surface area contributed by atoms with Gasteiger partial charge in [-0.2, -0.15) is 0 Å². The molecule has 0 aromatic heterocycles. The molecule has 0 spiro atoms. The van der Waals surface area contributed by atoms with Crippen LogP contribution in [0.15, 0.2) is 0 Å². The number of piperidine rings is 1. The molecule has 2 aliphatic rings. The lowest BCUT2D eigenvalue weighted by molar-refractivity contribution is -0.145. The van der Waals surface area contributed by atoms with Gasteiger partial charge in [-0.3, -0.25) is 13.8 Å². The van der Waals surface area contributed by atoms with E-state index >= 15 is 0 Å². The second-order valence-corrected chi connectivity index (χ2v) is 7.50. The Morgan fingerprint density at radius 3 is 2.20 bits per heavy atom. The number of rotatable bonds is 4. The average molecular weight is 301 g/mol. The van der Waals surface area contributed by atoms with Crippen LogP contribution in [0.25, 0.3) is 0 Å². The maximum absolute atomic E-state index is 12.2. The van der Waals surface area contributed by atoms with Crippen molar-refractivity contribution in [1.29, 1.82) is 0 Å². The van der Waals surface area contributed by atoms with E-state index in [1.165, 1.54) is 6.42 Å². The number of amides is 1. The molecule has 20 heavy (non-hydrogen) atoms. The van der Waals surface area contributed by atoms with E-state index in [0.717, 1.165) is 25.7 Å². The molecule has 1 saturated carbocycles. The van der Waals surface area contributed by atoms with E-state index in [2.05, 4.69) is 0 Å². The zero-order valence-corrected chi connectivity index (χ0v) is 12.6. The van der Waals surface area contributed by atoms with Crippen LogP contribution in [0.4, 0.5) is 0 Å². The molecule has 0 aromatic carbocycles. The molecular weight excluding hydrogens is 278 g/mol. The Morgan fingerprint density at radius 1 is 1.05 bits per heavy atom. The van der Waals surface area contributed by atoms with Gasteiger partial charge in [0.15, 0.2) is 0 Å². The van der Waals surface area contributed by atoms with E-state index in [-0.39, 0.29) is 22.8 Å². The molecular formula is C14H23NO4S. The number of likely N-dealkylation sites (tertiary alicyclic amines) is 1. The molecule has 1 aliphatic carbocycles. The first kappa shape index (κ1) is 15.5. The Bertz CT molecular complexity index is 385. The van der Waals surface area contributed by atoms with Gasteiger partial charge in [0.05, 0.1) is 5.92 Å². The van der Waals surface area contributed by atoms with Gasteiger partial charge in [0.2, 0.25) is 5.91 Å². The fourth-order valence-electron chi connectivity index (χ4n) is 3.03. The predicted octanol–water partition coefficient (Wildman–Crippen LogP) is 1.39. The van der Waals surface area contributed by atoms with Crippen molar-refractivity contribution >= 4 is 22.7 Å². The largest absolute Gasteiger partial charge is 0.481 e. The summed E-state index contributed by atoms with van der Waals surface area (Å²) in [6, 6.07) is 0. The van der Waals surface area contributed by atoms with Crippen molar-refractivity contribution < 1.29 is 18.9 Å². The lowest BCUT2D eigenvalue weighted by atomic mass is 9.97. The Morgan fingerprint density at radius 2 is 1.65 bits per heavy atom. The highest BCUT2D eigenvalue weighted by Gasteiger charge is 2.29. The van der Waals surface area contributed by atoms with Gasteiger partial charge in [0.1, 0.15) is 5.75 Å². The topological polar surface area (TPSA) is 74.7 Å². The smallest absolute Gasteiger partial charge is 0.306 e. The molecule has 0 bridgehead atoms. The van der Waals surface area contributed by atoms with Crippen molar-refractivity contribution in [2.75, 3.05) is 18.8 Å². The quantitative estimate of drug-likeness (QED) is 0.851. The summed E-state index contributed by atoms with van der Waals surface area (Å²) in [5.41, 5.74) is 0. The van der Waals surface area contributed by atoms with Crippen molar-refractivity contribution in [2.45, 2.75) is 50.2 Å². The number of carboxylic acid groups (broad SMARTS) is 1. The first-order chi connectivity index (χ1) is 9.58. The van der Waals surface area contributed by atoms with Gasteiger partial charge in [0, 0.05) is 29.1 Å². The molecule has 2 fully saturated rings. The summed E-state index contributed by atoms with van der Waals surface area (Å²) in [7, 11) is -1.06. The SMILES string of the molecule is O=C(O)C1CCN(C(=O)CS(=O)C2CCCCC2)CC1. The van der Waals surface area contributed by atoms with Crippen LogP contribution in [-0.2, 0) is 20.4 Å². The normalized spacial score (nSPS) is 23.5. The molecule has 1 atom stereocenters. The minimum atomic E-state index is -1.06. The van der Waals surface area contributed by atoms with Crippen LogP contribution in [0.3, 0.4) is 0 Å². The number of carbonyl (C=O) groups excluding carboxylic acids is 1. The second kappa shape index (κ2) is 7.20. The first-order valence-corrected chi connectivity index (χ1v) is 8.84. The lowest BCUT2D eigenvalue weighted by Crippen LogP contribution is -2.43. The van der Waals surface area contributed by atoms with Crippen molar-refractivity contribution in [3.63, 3.8) is 0 Å².